The van der Waals surface area contributed by atoms with Crippen LogP contribution in [0.1, 0.15) is 41.7 Å². The number of likely N-dealkylation sites (tertiary alicyclic amines) is 1. The molecule has 2 aromatic carbocycles. The maximum Gasteiger partial charge on any atom is 0.269 e. The average Bonchev–Trinajstić information content (AvgIpc) is 3.45. The number of fused-ring (bicyclic) bond motifs is 1. The first-order chi connectivity index (χ1) is 17.1. The number of primary amides is 1. The number of hydrogen-bond acceptors (Lipinski definition) is 5. The summed E-state index contributed by atoms with van der Waals surface area (Å²) >= 11 is 0. The van der Waals surface area contributed by atoms with Crippen LogP contribution in [0.5, 0.6) is 17.2 Å². The highest BCUT2D eigenvalue weighted by Gasteiger charge is 2.27. The lowest BCUT2D eigenvalue weighted by Gasteiger charge is -2.28. The monoisotopic (exact) mass is 469 g/mol. The minimum atomic E-state index is -0.539. The molecule has 0 atom stereocenters. The molecule has 1 fully saturated rings. The fourth-order valence-corrected chi connectivity index (χ4v) is 4.64. The van der Waals surface area contributed by atoms with Crippen molar-refractivity contribution in [1.82, 2.24) is 19.5 Å². The summed E-state index contributed by atoms with van der Waals surface area (Å²) in [6.45, 7) is 3.68. The molecular weight excluding hydrogens is 442 g/mol. The molecule has 8 heteroatoms. The van der Waals surface area contributed by atoms with Gasteiger partial charge in [-0.05, 0) is 62.1 Å². The molecule has 0 unspecified atom stereocenters. The number of benzene rings is 2. The van der Waals surface area contributed by atoms with E-state index in [-0.39, 0.29) is 0 Å². The molecule has 8 nitrogen and oxygen atoms in total. The number of imidazole rings is 1. The lowest BCUT2D eigenvalue weighted by Crippen LogP contribution is -2.29. The number of ether oxygens (including phenoxy) is 2. The smallest absolute Gasteiger partial charge is 0.269 e. The third kappa shape index (κ3) is 4.28. The van der Waals surface area contributed by atoms with Crippen molar-refractivity contribution < 1.29 is 14.3 Å². The summed E-state index contributed by atoms with van der Waals surface area (Å²) in [4.78, 5) is 19.4. The highest BCUT2D eigenvalue weighted by molar-refractivity contribution is 5.98. The first kappa shape index (κ1) is 22.4. The van der Waals surface area contributed by atoms with Crippen LogP contribution in [0.4, 0.5) is 0 Å². The molecule has 0 aliphatic carbocycles. The second kappa shape index (κ2) is 9.47. The minimum absolute atomic E-state index is 0.332. The Kier molecular flexibility index (Phi) is 6.06. The van der Waals surface area contributed by atoms with E-state index in [1.54, 1.807) is 11.6 Å². The average molecular weight is 470 g/mol. The number of carbonyl (C=O) groups is 1. The van der Waals surface area contributed by atoms with E-state index < -0.39 is 5.91 Å². The van der Waals surface area contributed by atoms with Crippen LogP contribution >= 0.6 is 0 Å². The number of para-hydroxylation sites is 2. The van der Waals surface area contributed by atoms with Gasteiger partial charge in [0.2, 0.25) is 0 Å². The second-order valence-corrected chi connectivity index (χ2v) is 8.46. The summed E-state index contributed by atoms with van der Waals surface area (Å²) in [6.07, 6.45) is 3.89. The number of piperidine rings is 1. The van der Waals surface area contributed by atoms with Crippen molar-refractivity contribution >= 4 is 11.6 Å². The molecule has 4 aromatic rings. The van der Waals surface area contributed by atoms with E-state index in [1.165, 1.54) is 0 Å². The zero-order valence-corrected chi connectivity index (χ0v) is 19.7. The highest BCUT2D eigenvalue weighted by Crippen LogP contribution is 2.35. The lowest BCUT2D eigenvalue weighted by molar-refractivity contribution is 0.0994. The van der Waals surface area contributed by atoms with Gasteiger partial charge in [-0.15, -0.1) is 0 Å². The molecule has 0 saturated carbocycles. The number of H-pyrrole nitrogens is 1. The molecule has 0 spiro atoms. The van der Waals surface area contributed by atoms with Gasteiger partial charge in [-0.2, -0.15) is 0 Å². The third-order valence-electron chi connectivity index (χ3n) is 6.35. The van der Waals surface area contributed by atoms with Crippen LogP contribution in [0.15, 0.2) is 54.7 Å². The van der Waals surface area contributed by atoms with E-state index in [0.29, 0.717) is 34.6 Å². The van der Waals surface area contributed by atoms with Gasteiger partial charge in [-0.1, -0.05) is 18.1 Å². The van der Waals surface area contributed by atoms with Crippen molar-refractivity contribution in [2.24, 2.45) is 5.73 Å². The normalized spacial score (nSPS) is 13.9. The number of carbonyl (C=O) groups excluding carboxylic acids is 1. The summed E-state index contributed by atoms with van der Waals surface area (Å²) in [7, 11) is 1.61. The van der Waals surface area contributed by atoms with Gasteiger partial charge < -0.3 is 20.1 Å². The van der Waals surface area contributed by atoms with Gasteiger partial charge in [0.05, 0.1) is 7.11 Å². The zero-order chi connectivity index (χ0) is 24.4. The van der Waals surface area contributed by atoms with Crippen molar-refractivity contribution in [3.8, 4) is 40.5 Å². The van der Waals surface area contributed by atoms with Gasteiger partial charge >= 0.3 is 0 Å². The molecule has 1 aliphatic heterocycles. The van der Waals surface area contributed by atoms with E-state index in [4.69, 9.17) is 20.2 Å². The van der Waals surface area contributed by atoms with E-state index in [2.05, 4.69) is 22.0 Å². The summed E-state index contributed by atoms with van der Waals surface area (Å²) in [6, 6.07) is 18.0. The molecule has 3 N–H and O–H groups in total. The van der Waals surface area contributed by atoms with Crippen molar-refractivity contribution in [3.63, 3.8) is 0 Å². The van der Waals surface area contributed by atoms with Crippen LogP contribution in [0, 0.1) is 12.0 Å². The minimum Gasteiger partial charge on any atom is -0.493 e. The molecule has 1 amide bonds. The fourth-order valence-electron chi connectivity index (χ4n) is 4.64. The SMILES string of the molecule is CC#CN1CCC(c2c[nH]n3c(C(N)=O)c(-c4ccc(Oc5ccccc5OC)cc4)nc23)CC1. The van der Waals surface area contributed by atoms with Gasteiger partial charge in [0.15, 0.2) is 22.8 Å². The molecule has 5 rings (SSSR count). The van der Waals surface area contributed by atoms with Gasteiger partial charge in [0.25, 0.3) is 5.91 Å². The molecule has 178 valence electrons. The Labute approximate surface area is 203 Å². The van der Waals surface area contributed by atoms with Crippen molar-refractivity contribution in [2.45, 2.75) is 25.7 Å². The summed E-state index contributed by atoms with van der Waals surface area (Å²) in [5, 5.41) is 3.19. The van der Waals surface area contributed by atoms with Crippen molar-refractivity contribution in [3.05, 3.63) is 66.0 Å². The Balaban J connectivity index is 1.44. The van der Waals surface area contributed by atoms with Gasteiger partial charge in [0.1, 0.15) is 11.4 Å². The predicted octanol–water partition coefficient (Wildman–Crippen LogP) is 4.39. The highest BCUT2D eigenvalue weighted by atomic mass is 16.5. The summed E-state index contributed by atoms with van der Waals surface area (Å²) < 4.78 is 13.0. The number of aromatic nitrogens is 3. The molecule has 2 aromatic heterocycles. The van der Waals surface area contributed by atoms with Crippen molar-refractivity contribution in [2.75, 3.05) is 20.2 Å². The Bertz CT molecular complexity index is 1420. The number of rotatable bonds is 6. The second-order valence-electron chi connectivity index (χ2n) is 8.46. The van der Waals surface area contributed by atoms with Crippen LogP contribution in [-0.4, -0.2) is 45.6 Å². The molecular formula is C27H27N5O3. The quantitative estimate of drug-likeness (QED) is 0.408. The maximum absolute atomic E-state index is 12.4. The predicted molar refractivity (Wildman–Crippen MR) is 134 cm³/mol. The summed E-state index contributed by atoms with van der Waals surface area (Å²) in [5.74, 6) is 4.68. The number of nitrogens with two attached hydrogens (primary N) is 1. The van der Waals surface area contributed by atoms with Crippen LogP contribution in [0.25, 0.3) is 16.9 Å². The Morgan fingerprint density at radius 3 is 2.49 bits per heavy atom. The third-order valence-corrected chi connectivity index (χ3v) is 6.35. The van der Waals surface area contributed by atoms with E-state index in [1.807, 2.05) is 61.7 Å². The van der Waals surface area contributed by atoms with Crippen molar-refractivity contribution in [1.29, 1.82) is 0 Å². The van der Waals surface area contributed by atoms with E-state index >= 15 is 0 Å². The largest absolute Gasteiger partial charge is 0.493 e. The standard InChI is InChI=1S/C27H27N5O3/c1-3-14-31-15-12-18(13-16-31)21-17-29-32-25(26(28)33)24(30-27(21)32)19-8-10-20(11-9-19)35-23-7-5-4-6-22(23)34-2/h4-11,17-18,29H,12-13,15-16H2,1-2H3,(H2,28,33). The number of nitrogens with zero attached hydrogens (tertiary/aromatic N) is 3. The van der Waals surface area contributed by atoms with Gasteiger partial charge in [0, 0.05) is 36.5 Å². The maximum atomic E-state index is 12.4. The lowest BCUT2D eigenvalue weighted by atomic mass is 9.91. The van der Waals surface area contributed by atoms with Crippen LogP contribution in [-0.2, 0) is 0 Å². The number of methoxy groups -OCH3 is 1. The van der Waals surface area contributed by atoms with E-state index in [9.17, 15) is 4.79 Å². The van der Waals surface area contributed by atoms with Gasteiger partial charge in [-0.25, -0.2) is 9.50 Å². The zero-order valence-electron chi connectivity index (χ0n) is 19.7. The van der Waals surface area contributed by atoms with E-state index in [0.717, 1.165) is 42.7 Å². The first-order valence-electron chi connectivity index (χ1n) is 11.6. The van der Waals surface area contributed by atoms with Gasteiger partial charge in [-0.3, -0.25) is 9.89 Å². The number of nitrogens with one attached hydrogen (secondary N) is 1. The first-order valence-corrected chi connectivity index (χ1v) is 11.6. The summed E-state index contributed by atoms with van der Waals surface area (Å²) in [5.41, 5.74) is 9.28. The Morgan fingerprint density at radius 2 is 1.83 bits per heavy atom. The molecule has 1 saturated heterocycles. The molecule has 0 bridgehead atoms. The fraction of sp³-hybridized carbons (Fsp3) is 0.259. The topological polar surface area (TPSA) is 97.9 Å². The Hall–Kier alpha value is -4.38. The molecule has 3 heterocycles. The molecule has 1 aliphatic rings. The van der Waals surface area contributed by atoms with Crippen LogP contribution < -0.4 is 15.2 Å². The Morgan fingerprint density at radius 1 is 1.11 bits per heavy atom. The number of aromatic amines is 1. The van der Waals surface area contributed by atoms with Crippen LogP contribution in [0.2, 0.25) is 0 Å². The number of hydrogen-bond donors (Lipinski definition) is 2. The molecule has 35 heavy (non-hydrogen) atoms. The van der Waals surface area contributed by atoms with Crippen LogP contribution in [0.3, 0.4) is 0 Å². The number of amides is 1. The molecule has 0 radical (unpaired) electrons.